The molecule has 0 N–H and O–H groups in total. The maximum atomic E-state index is 4.77. The Bertz CT molecular complexity index is 949. The molecule has 0 saturated heterocycles. The van der Waals surface area contributed by atoms with Crippen LogP contribution >= 0.6 is 24.8 Å². The van der Waals surface area contributed by atoms with Gasteiger partial charge in [-0.3, -0.25) is 0 Å². The Kier molecular flexibility index (Phi) is 5.60. The van der Waals surface area contributed by atoms with E-state index >= 15 is 0 Å². The van der Waals surface area contributed by atoms with E-state index in [9.17, 15) is 0 Å². The Balaban J connectivity index is 0.00000104. The summed E-state index contributed by atoms with van der Waals surface area (Å²) in [5.41, 5.74) is 4.25. The molecule has 2 aromatic carbocycles. The first kappa shape index (κ1) is 18.0. The van der Waals surface area contributed by atoms with E-state index < -0.39 is 0 Å². The Morgan fingerprint density at radius 2 is 1.67 bits per heavy atom. The van der Waals surface area contributed by atoms with Crippen LogP contribution in [0.25, 0.3) is 27.8 Å². The third kappa shape index (κ3) is 3.28. The maximum absolute atomic E-state index is 4.77. The summed E-state index contributed by atoms with van der Waals surface area (Å²) in [5.74, 6) is 0.980. The van der Waals surface area contributed by atoms with Gasteiger partial charge in [0.15, 0.2) is 0 Å². The molecule has 2 heterocycles. The summed E-state index contributed by atoms with van der Waals surface area (Å²) in [4.78, 5) is 9.04. The molecule has 0 fully saturated rings. The van der Waals surface area contributed by atoms with Gasteiger partial charge in [-0.1, -0.05) is 36.4 Å². The molecular formula is C19H17Cl2N3. The summed E-state index contributed by atoms with van der Waals surface area (Å²) in [5, 5.41) is 1.13. The van der Waals surface area contributed by atoms with Crippen LogP contribution in [0.2, 0.25) is 0 Å². The van der Waals surface area contributed by atoms with Crippen molar-refractivity contribution in [2.75, 3.05) is 0 Å². The van der Waals surface area contributed by atoms with Crippen molar-refractivity contribution in [2.24, 2.45) is 0 Å². The number of rotatable bonds is 2. The van der Waals surface area contributed by atoms with Crippen molar-refractivity contribution in [2.45, 2.75) is 6.92 Å². The molecule has 4 aromatic rings. The van der Waals surface area contributed by atoms with Crippen molar-refractivity contribution in [1.29, 1.82) is 0 Å². The predicted molar refractivity (Wildman–Crippen MR) is 104 cm³/mol. The molecule has 24 heavy (non-hydrogen) atoms. The second-order valence-corrected chi connectivity index (χ2v) is 5.28. The number of hydrogen-bond donors (Lipinski definition) is 0. The number of imidazole rings is 1. The molecular weight excluding hydrogens is 341 g/mol. The van der Waals surface area contributed by atoms with E-state index in [0.29, 0.717) is 0 Å². The summed E-state index contributed by atoms with van der Waals surface area (Å²) in [6.45, 7) is 2.00. The van der Waals surface area contributed by atoms with Crippen LogP contribution in [-0.4, -0.2) is 14.5 Å². The Morgan fingerprint density at radius 3 is 2.38 bits per heavy atom. The summed E-state index contributed by atoms with van der Waals surface area (Å²) in [6.07, 6.45) is 3.79. The molecule has 2 aromatic heterocycles. The van der Waals surface area contributed by atoms with Crippen molar-refractivity contribution in [3.05, 3.63) is 78.9 Å². The molecule has 0 radical (unpaired) electrons. The highest BCUT2D eigenvalue weighted by atomic mass is 35.5. The number of pyridine rings is 1. The first-order valence-electron chi connectivity index (χ1n) is 7.28. The lowest BCUT2D eigenvalue weighted by Gasteiger charge is -2.08. The number of hydrogen-bond acceptors (Lipinski definition) is 2. The SMILES string of the molecule is Cc1nccn1-c1ccc2nc(-c3ccccc3)ccc2c1.Cl.Cl. The van der Waals surface area contributed by atoms with Gasteiger partial charge in [-0.05, 0) is 31.2 Å². The van der Waals surface area contributed by atoms with Gasteiger partial charge >= 0.3 is 0 Å². The number of aromatic nitrogens is 3. The van der Waals surface area contributed by atoms with E-state index in [1.54, 1.807) is 0 Å². The van der Waals surface area contributed by atoms with Crippen LogP contribution in [0, 0.1) is 6.92 Å². The van der Waals surface area contributed by atoms with Crippen LogP contribution in [0.5, 0.6) is 0 Å². The lowest BCUT2D eigenvalue weighted by Crippen LogP contribution is -1.95. The van der Waals surface area contributed by atoms with Crippen LogP contribution in [0.1, 0.15) is 5.82 Å². The smallest absolute Gasteiger partial charge is 0.110 e. The molecule has 5 heteroatoms. The lowest BCUT2D eigenvalue weighted by atomic mass is 10.1. The number of aryl methyl sites for hydroxylation is 1. The largest absolute Gasteiger partial charge is 0.304 e. The second-order valence-electron chi connectivity index (χ2n) is 5.28. The van der Waals surface area contributed by atoms with E-state index in [0.717, 1.165) is 33.7 Å². The number of benzene rings is 2. The highest BCUT2D eigenvalue weighted by Gasteiger charge is 2.04. The third-order valence-electron chi connectivity index (χ3n) is 3.85. The number of nitrogens with zero attached hydrogens (tertiary/aromatic N) is 3. The van der Waals surface area contributed by atoms with Crippen LogP contribution < -0.4 is 0 Å². The molecule has 0 aliphatic rings. The fraction of sp³-hybridized carbons (Fsp3) is 0.0526. The maximum Gasteiger partial charge on any atom is 0.110 e. The molecule has 3 nitrogen and oxygen atoms in total. The molecule has 0 spiro atoms. The van der Waals surface area contributed by atoms with E-state index in [1.807, 2.05) is 37.5 Å². The average molecular weight is 358 g/mol. The average Bonchev–Trinajstić information content (AvgIpc) is 3.01. The highest BCUT2D eigenvalue weighted by Crippen LogP contribution is 2.23. The Hall–Kier alpha value is -2.36. The fourth-order valence-electron chi connectivity index (χ4n) is 2.68. The summed E-state index contributed by atoms with van der Waals surface area (Å²) >= 11 is 0. The zero-order valence-electron chi connectivity index (χ0n) is 13.1. The fourth-order valence-corrected chi connectivity index (χ4v) is 2.68. The van der Waals surface area contributed by atoms with Gasteiger partial charge in [0.05, 0.1) is 11.2 Å². The summed E-state index contributed by atoms with van der Waals surface area (Å²) < 4.78 is 2.07. The quantitative estimate of drug-likeness (QED) is 0.491. The standard InChI is InChI=1S/C19H15N3.2ClH/c1-14-20-11-12-22(14)17-8-10-19-16(13-17)7-9-18(21-19)15-5-3-2-4-6-15;;/h2-13H,1H3;2*1H. The zero-order valence-corrected chi connectivity index (χ0v) is 14.7. The predicted octanol–water partition coefficient (Wildman–Crippen LogP) is 5.24. The normalized spacial score (nSPS) is 10.0. The van der Waals surface area contributed by atoms with Crippen molar-refractivity contribution in [3.63, 3.8) is 0 Å². The van der Waals surface area contributed by atoms with E-state index in [-0.39, 0.29) is 24.8 Å². The van der Waals surface area contributed by atoms with Gasteiger partial charge in [-0.2, -0.15) is 0 Å². The van der Waals surface area contributed by atoms with E-state index in [4.69, 9.17) is 4.98 Å². The van der Waals surface area contributed by atoms with Gasteiger partial charge in [0.2, 0.25) is 0 Å². The number of halogens is 2. The molecule has 4 rings (SSSR count). The Morgan fingerprint density at radius 1 is 0.875 bits per heavy atom. The highest BCUT2D eigenvalue weighted by molar-refractivity contribution is 5.85. The van der Waals surface area contributed by atoms with Crippen molar-refractivity contribution in [3.8, 4) is 16.9 Å². The number of fused-ring (bicyclic) bond motifs is 1. The van der Waals surface area contributed by atoms with Gasteiger partial charge in [0.1, 0.15) is 5.82 Å². The molecule has 122 valence electrons. The zero-order chi connectivity index (χ0) is 14.9. The minimum Gasteiger partial charge on any atom is -0.304 e. The summed E-state index contributed by atoms with van der Waals surface area (Å²) in [6, 6.07) is 20.7. The second kappa shape index (κ2) is 7.47. The van der Waals surface area contributed by atoms with Gasteiger partial charge in [-0.15, -0.1) is 24.8 Å². The Labute approximate surface area is 153 Å². The van der Waals surface area contributed by atoms with Gasteiger partial charge in [-0.25, -0.2) is 9.97 Å². The molecule has 0 saturated carbocycles. The molecule has 0 bridgehead atoms. The van der Waals surface area contributed by atoms with Crippen molar-refractivity contribution >= 4 is 35.7 Å². The first-order chi connectivity index (χ1) is 10.8. The van der Waals surface area contributed by atoms with E-state index in [1.165, 1.54) is 0 Å². The van der Waals surface area contributed by atoms with Crippen LogP contribution in [0.3, 0.4) is 0 Å². The van der Waals surface area contributed by atoms with Crippen LogP contribution in [-0.2, 0) is 0 Å². The first-order valence-corrected chi connectivity index (χ1v) is 7.28. The third-order valence-corrected chi connectivity index (χ3v) is 3.85. The monoisotopic (exact) mass is 357 g/mol. The minimum atomic E-state index is 0. The van der Waals surface area contributed by atoms with Gasteiger partial charge < -0.3 is 4.57 Å². The molecule has 0 unspecified atom stereocenters. The van der Waals surface area contributed by atoms with E-state index in [2.05, 4.69) is 52.0 Å². The molecule has 0 amide bonds. The van der Waals surface area contributed by atoms with Crippen molar-refractivity contribution in [1.82, 2.24) is 14.5 Å². The van der Waals surface area contributed by atoms with Gasteiger partial charge in [0.25, 0.3) is 0 Å². The van der Waals surface area contributed by atoms with Crippen molar-refractivity contribution < 1.29 is 0 Å². The van der Waals surface area contributed by atoms with Gasteiger partial charge in [0, 0.05) is 29.0 Å². The summed E-state index contributed by atoms with van der Waals surface area (Å²) in [7, 11) is 0. The molecule has 0 atom stereocenters. The topological polar surface area (TPSA) is 30.7 Å². The minimum absolute atomic E-state index is 0. The van der Waals surface area contributed by atoms with Crippen LogP contribution in [0.4, 0.5) is 0 Å². The molecule has 0 aliphatic carbocycles. The van der Waals surface area contributed by atoms with Crippen LogP contribution in [0.15, 0.2) is 73.1 Å². The lowest BCUT2D eigenvalue weighted by molar-refractivity contribution is 0.976. The molecule has 0 aliphatic heterocycles.